The highest BCUT2D eigenvalue weighted by Crippen LogP contribution is 2.68. The molecule has 1 spiro atoms. The number of aliphatic hydroxyl groups excluding tert-OH is 1. The topological polar surface area (TPSA) is 85.4 Å². The van der Waals surface area contributed by atoms with Crippen LogP contribution < -0.4 is 5.32 Å². The van der Waals surface area contributed by atoms with Gasteiger partial charge in [-0.2, -0.15) is 0 Å². The van der Waals surface area contributed by atoms with Crippen LogP contribution in [0.1, 0.15) is 34.1 Å². The van der Waals surface area contributed by atoms with E-state index in [0.717, 1.165) is 35.4 Å². The molecule has 126 valence electrons. The normalized spacial score (nSPS) is 42.5. The molecule has 5 atom stereocenters. The summed E-state index contributed by atoms with van der Waals surface area (Å²) >= 11 is 1.61. The van der Waals surface area contributed by atoms with Crippen LogP contribution in [-0.2, 0) is 11.2 Å². The molecular weight excluding hydrogens is 338 g/mol. The predicted octanol–water partition coefficient (Wildman–Crippen LogP) is 0.627. The van der Waals surface area contributed by atoms with Crippen LogP contribution in [0, 0.1) is 5.41 Å². The number of fused-ring (bicyclic) bond motifs is 3. The Bertz CT molecular complexity index is 992. The van der Waals surface area contributed by atoms with Gasteiger partial charge in [0, 0.05) is 23.2 Å². The molecule has 2 saturated heterocycles. The first-order valence-electron chi connectivity index (χ1n) is 8.74. The second-order valence-corrected chi connectivity index (χ2v) is 9.08. The number of Topliss-reactive ketones (excluding diaryl/α,β-unsaturated/α-hetero) is 1. The number of rotatable bonds is 0. The van der Waals surface area contributed by atoms with Gasteiger partial charge in [-0.25, -0.2) is 0 Å². The van der Waals surface area contributed by atoms with Crippen molar-refractivity contribution in [3.63, 3.8) is 0 Å². The number of allylic oxidation sites excluding steroid dienone is 1. The summed E-state index contributed by atoms with van der Waals surface area (Å²) in [5.74, 6) is 0.00837. The average Bonchev–Trinajstić information content (AvgIpc) is 3.13. The van der Waals surface area contributed by atoms with Gasteiger partial charge in [0.1, 0.15) is 6.04 Å². The number of nitrogens with zero attached hydrogens (tertiary/aromatic N) is 1. The van der Waals surface area contributed by atoms with Crippen LogP contribution in [0.25, 0.3) is 0 Å². The van der Waals surface area contributed by atoms with Gasteiger partial charge in [0.05, 0.1) is 34.3 Å². The minimum absolute atomic E-state index is 0.00262. The van der Waals surface area contributed by atoms with E-state index in [-0.39, 0.29) is 23.0 Å². The molecule has 0 aromatic carbocycles. The maximum absolute atomic E-state index is 13.2. The molecule has 3 N–H and O–H groups in total. The first-order valence-corrected chi connectivity index (χ1v) is 9.62. The van der Waals surface area contributed by atoms with Gasteiger partial charge in [-0.05, 0) is 30.1 Å². The summed E-state index contributed by atoms with van der Waals surface area (Å²) in [5.41, 5.74) is 3.97. The standard InChI is InChI=1S/C18H15N3O3S/c22-7-3-8-18-4-9(25-8)20-13-11(18)15-10-6(5-19-12(10)16(13)23)1-2-21(15)14(7)17(18)24/h3,5,9,14-15,17,19-20,24H,1-2,4H2. The molecule has 1 aromatic heterocycles. The third kappa shape index (κ3) is 1.19. The van der Waals surface area contributed by atoms with Gasteiger partial charge < -0.3 is 15.4 Å². The number of hydrogen-bond acceptors (Lipinski definition) is 6. The number of thioether (sulfide) groups is 1. The van der Waals surface area contributed by atoms with Crippen LogP contribution in [0.2, 0.25) is 0 Å². The van der Waals surface area contributed by atoms with E-state index in [0.29, 0.717) is 11.4 Å². The number of aliphatic hydroxyl groups is 1. The maximum Gasteiger partial charge on any atom is 0.225 e. The van der Waals surface area contributed by atoms with Gasteiger partial charge in [-0.3, -0.25) is 14.5 Å². The first-order chi connectivity index (χ1) is 12.1. The Morgan fingerprint density at radius 2 is 2.24 bits per heavy atom. The van der Waals surface area contributed by atoms with Gasteiger partial charge >= 0.3 is 0 Å². The van der Waals surface area contributed by atoms with E-state index in [1.165, 1.54) is 5.56 Å². The third-order valence-electron chi connectivity index (χ3n) is 6.98. The molecule has 2 fully saturated rings. The molecule has 25 heavy (non-hydrogen) atoms. The molecule has 4 aliphatic heterocycles. The second kappa shape index (κ2) is 3.79. The number of hydrogen-bond donors (Lipinski definition) is 3. The van der Waals surface area contributed by atoms with Gasteiger partial charge in [0.25, 0.3) is 0 Å². The van der Waals surface area contributed by atoms with Gasteiger partial charge in [0.15, 0.2) is 5.78 Å². The number of H-pyrrole nitrogens is 1. The van der Waals surface area contributed by atoms with Crippen LogP contribution in [-0.4, -0.2) is 50.6 Å². The number of carbonyl (C=O) groups excluding carboxylic acids is 2. The molecule has 3 bridgehead atoms. The summed E-state index contributed by atoms with van der Waals surface area (Å²) in [4.78, 5) is 32.3. The molecule has 7 rings (SSSR count). The Balaban J connectivity index is 1.65. The number of carbonyl (C=O) groups is 2. The highest BCUT2D eigenvalue weighted by molar-refractivity contribution is 8.04. The van der Waals surface area contributed by atoms with Crippen LogP contribution >= 0.6 is 11.8 Å². The quantitative estimate of drug-likeness (QED) is 0.634. The highest BCUT2D eigenvalue weighted by atomic mass is 32.2. The summed E-state index contributed by atoms with van der Waals surface area (Å²) < 4.78 is 0. The van der Waals surface area contributed by atoms with E-state index >= 15 is 0 Å². The van der Waals surface area contributed by atoms with Crippen molar-refractivity contribution >= 4 is 23.3 Å². The zero-order valence-electron chi connectivity index (χ0n) is 13.2. The Morgan fingerprint density at radius 1 is 1.36 bits per heavy atom. The highest BCUT2D eigenvalue weighted by Gasteiger charge is 2.68. The van der Waals surface area contributed by atoms with Gasteiger partial charge in [0.2, 0.25) is 5.78 Å². The van der Waals surface area contributed by atoms with Crippen molar-refractivity contribution < 1.29 is 14.7 Å². The lowest BCUT2D eigenvalue weighted by Gasteiger charge is -2.59. The van der Waals surface area contributed by atoms with Crippen molar-refractivity contribution in [1.29, 1.82) is 0 Å². The fourth-order valence-corrected chi connectivity index (χ4v) is 7.62. The Kier molecular flexibility index (Phi) is 2.03. The van der Waals surface area contributed by atoms with Crippen LogP contribution in [0.5, 0.6) is 0 Å². The Labute approximate surface area is 147 Å². The molecule has 0 saturated carbocycles. The van der Waals surface area contributed by atoms with Crippen molar-refractivity contribution in [2.45, 2.75) is 36.4 Å². The second-order valence-electron chi connectivity index (χ2n) is 7.84. The van der Waals surface area contributed by atoms with Gasteiger partial charge in [-0.1, -0.05) is 0 Å². The van der Waals surface area contributed by atoms with Crippen LogP contribution in [0.3, 0.4) is 0 Å². The van der Waals surface area contributed by atoms with E-state index in [2.05, 4.69) is 15.2 Å². The van der Waals surface area contributed by atoms with Crippen molar-refractivity contribution in [2.75, 3.05) is 6.54 Å². The summed E-state index contributed by atoms with van der Waals surface area (Å²) in [6, 6.07) is -0.578. The third-order valence-corrected chi connectivity index (χ3v) is 8.28. The van der Waals surface area contributed by atoms with E-state index in [4.69, 9.17) is 0 Å². The molecule has 5 unspecified atom stereocenters. The predicted molar refractivity (Wildman–Crippen MR) is 89.7 cm³/mol. The van der Waals surface area contributed by atoms with E-state index < -0.39 is 17.6 Å². The first kappa shape index (κ1) is 13.4. The van der Waals surface area contributed by atoms with Crippen LogP contribution in [0.15, 0.2) is 28.4 Å². The van der Waals surface area contributed by atoms with E-state index in [1.54, 1.807) is 17.8 Å². The lowest BCUT2D eigenvalue weighted by Crippen LogP contribution is -2.67. The Hall–Kier alpha value is -1.83. The largest absolute Gasteiger partial charge is 0.390 e. The van der Waals surface area contributed by atoms with Crippen molar-refractivity contribution in [2.24, 2.45) is 5.41 Å². The van der Waals surface area contributed by atoms with Crippen LogP contribution in [0.4, 0.5) is 0 Å². The fraction of sp³-hybridized carbons (Fsp3) is 0.444. The number of aromatic amines is 1. The summed E-state index contributed by atoms with van der Waals surface area (Å²) in [6.45, 7) is 0.725. The minimum atomic E-state index is -0.768. The molecule has 1 aromatic rings. The summed E-state index contributed by atoms with van der Waals surface area (Å²) in [6.07, 6.45) is 4.46. The zero-order valence-corrected chi connectivity index (χ0v) is 14.0. The molecule has 6 nitrogen and oxygen atoms in total. The monoisotopic (exact) mass is 353 g/mol. The molecule has 0 amide bonds. The zero-order chi connectivity index (χ0) is 16.7. The molecule has 6 aliphatic rings. The molecule has 2 aliphatic carbocycles. The minimum Gasteiger partial charge on any atom is -0.390 e. The number of ketones is 2. The Morgan fingerprint density at radius 3 is 3.12 bits per heavy atom. The maximum atomic E-state index is 13.2. The summed E-state index contributed by atoms with van der Waals surface area (Å²) in [5, 5.41) is 14.8. The van der Waals surface area contributed by atoms with E-state index in [1.807, 2.05) is 6.20 Å². The number of piperidine rings is 1. The van der Waals surface area contributed by atoms with E-state index in [9.17, 15) is 14.7 Å². The fourth-order valence-electron chi connectivity index (χ4n) is 6.08. The average molecular weight is 353 g/mol. The van der Waals surface area contributed by atoms with Gasteiger partial charge in [-0.15, -0.1) is 11.8 Å². The molecule has 5 heterocycles. The molecule has 0 radical (unpaired) electrons. The smallest absolute Gasteiger partial charge is 0.225 e. The molecule has 7 heteroatoms. The molecular formula is C18H15N3O3S. The SMILES string of the molecule is O=C1C2=C3C4c5c(c[nH]c51)CCN4C1C(=O)C=C4SC(CC43C1O)N2. The lowest BCUT2D eigenvalue weighted by atomic mass is 9.56. The van der Waals surface area contributed by atoms with Crippen molar-refractivity contribution in [1.82, 2.24) is 15.2 Å². The number of nitrogens with one attached hydrogen (secondary N) is 2. The summed E-state index contributed by atoms with van der Waals surface area (Å²) in [7, 11) is 0. The number of aromatic nitrogens is 1. The lowest BCUT2D eigenvalue weighted by molar-refractivity contribution is -0.136. The van der Waals surface area contributed by atoms with Crippen molar-refractivity contribution in [3.05, 3.63) is 45.3 Å². The van der Waals surface area contributed by atoms with Crippen molar-refractivity contribution in [3.8, 4) is 0 Å².